The molecule has 2 N–H and O–H groups in total. The molecule has 0 amide bonds. The maximum absolute atomic E-state index is 5.64. The van der Waals surface area contributed by atoms with Gasteiger partial charge in [0, 0.05) is 12.1 Å². The minimum atomic E-state index is 0.480. The molecular weight excluding hydrogens is 202 g/mol. The molecule has 1 aromatic carbocycles. The SMILES string of the molecule is NCc1ccccc1OCCOC1CCC1. The molecule has 3 nitrogen and oxygen atoms in total. The zero-order chi connectivity index (χ0) is 11.2. The van der Waals surface area contributed by atoms with E-state index in [9.17, 15) is 0 Å². The van der Waals surface area contributed by atoms with Gasteiger partial charge in [0.15, 0.2) is 0 Å². The summed E-state index contributed by atoms with van der Waals surface area (Å²) in [6.45, 7) is 1.79. The van der Waals surface area contributed by atoms with Crippen LogP contribution in [-0.2, 0) is 11.3 Å². The molecule has 0 bridgehead atoms. The van der Waals surface area contributed by atoms with Crippen LogP contribution in [0.4, 0.5) is 0 Å². The number of para-hydroxylation sites is 1. The van der Waals surface area contributed by atoms with Gasteiger partial charge in [0.25, 0.3) is 0 Å². The van der Waals surface area contributed by atoms with E-state index in [1.54, 1.807) is 0 Å². The zero-order valence-electron chi connectivity index (χ0n) is 9.52. The average molecular weight is 221 g/mol. The van der Waals surface area contributed by atoms with Gasteiger partial charge >= 0.3 is 0 Å². The van der Waals surface area contributed by atoms with E-state index in [2.05, 4.69) is 0 Å². The Bertz CT molecular complexity index is 323. The molecule has 2 rings (SSSR count). The van der Waals surface area contributed by atoms with Crippen molar-refractivity contribution in [3.63, 3.8) is 0 Å². The van der Waals surface area contributed by atoms with E-state index in [4.69, 9.17) is 15.2 Å². The molecular formula is C13H19NO2. The molecule has 0 saturated heterocycles. The normalized spacial score (nSPS) is 15.8. The van der Waals surface area contributed by atoms with Crippen LogP contribution >= 0.6 is 0 Å². The third-order valence-corrected chi connectivity index (χ3v) is 2.94. The van der Waals surface area contributed by atoms with E-state index in [1.165, 1.54) is 19.3 Å². The van der Waals surface area contributed by atoms with Crippen LogP contribution in [0.25, 0.3) is 0 Å². The van der Waals surface area contributed by atoms with Crippen molar-refractivity contribution in [3.05, 3.63) is 29.8 Å². The number of nitrogens with two attached hydrogens (primary N) is 1. The summed E-state index contributed by atoms with van der Waals surface area (Å²) in [5, 5.41) is 0. The van der Waals surface area contributed by atoms with E-state index >= 15 is 0 Å². The first-order valence-corrected chi connectivity index (χ1v) is 5.92. The largest absolute Gasteiger partial charge is 0.491 e. The lowest BCUT2D eigenvalue weighted by Crippen LogP contribution is -2.24. The fourth-order valence-electron chi connectivity index (χ4n) is 1.72. The first-order chi connectivity index (χ1) is 7.90. The van der Waals surface area contributed by atoms with Crippen molar-refractivity contribution in [2.75, 3.05) is 13.2 Å². The molecule has 0 heterocycles. The second-order valence-electron chi connectivity index (χ2n) is 4.08. The summed E-state index contributed by atoms with van der Waals surface area (Å²) in [5.74, 6) is 0.877. The summed E-state index contributed by atoms with van der Waals surface area (Å²) in [5.41, 5.74) is 6.67. The Morgan fingerprint density at radius 3 is 2.69 bits per heavy atom. The Hall–Kier alpha value is -1.06. The molecule has 3 heteroatoms. The first-order valence-electron chi connectivity index (χ1n) is 5.92. The van der Waals surface area contributed by atoms with Crippen molar-refractivity contribution in [2.24, 2.45) is 5.73 Å². The quantitative estimate of drug-likeness (QED) is 0.748. The average Bonchev–Trinajstić information content (AvgIpc) is 2.27. The highest BCUT2D eigenvalue weighted by molar-refractivity contribution is 5.32. The van der Waals surface area contributed by atoms with Gasteiger partial charge in [0.05, 0.1) is 12.7 Å². The van der Waals surface area contributed by atoms with Gasteiger partial charge in [0.1, 0.15) is 12.4 Å². The third-order valence-electron chi connectivity index (χ3n) is 2.94. The van der Waals surface area contributed by atoms with E-state index < -0.39 is 0 Å². The highest BCUT2D eigenvalue weighted by Gasteiger charge is 2.17. The number of hydrogen-bond acceptors (Lipinski definition) is 3. The van der Waals surface area contributed by atoms with E-state index in [1.807, 2.05) is 24.3 Å². The summed E-state index contributed by atoms with van der Waals surface area (Å²) < 4.78 is 11.3. The Balaban J connectivity index is 1.71. The lowest BCUT2D eigenvalue weighted by molar-refractivity contribution is -0.0104. The van der Waals surface area contributed by atoms with Gasteiger partial charge in [-0.15, -0.1) is 0 Å². The summed E-state index contributed by atoms with van der Waals surface area (Å²) in [4.78, 5) is 0. The highest BCUT2D eigenvalue weighted by atomic mass is 16.5. The molecule has 1 aliphatic rings. The number of rotatable bonds is 6. The molecule has 0 unspecified atom stereocenters. The molecule has 1 aliphatic carbocycles. The van der Waals surface area contributed by atoms with Crippen molar-refractivity contribution in [1.29, 1.82) is 0 Å². The number of benzene rings is 1. The van der Waals surface area contributed by atoms with Gasteiger partial charge in [0.2, 0.25) is 0 Å². The summed E-state index contributed by atoms with van der Waals surface area (Å²) in [6.07, 6.45) is 4.20. The maximum atomic E-state index is 5.64. The Morgan fingerprint density at radius 1 is 1.19 bits per heavy atom. The monoisotopic (exact) mass is 221 g/mol. The molecule has 1 fully saturated rings. The summed E-state index contributed by atoms with van der Waals surface area (Å²) in [7, 11) is 0. The van der Waals surface area contributed by atoms with Crippen LogP contribution in [-0.4, -0.2) is 19.3 Å². The van der Waals surface area contributed by atoms with Crippen LogP contribution in [0.1, 0.15) is 24.8 Å². The fraction of sp³-hybridized carbons (Fsp3) is 0.538. The van der Waals surface area contributed by atoms with Gasteiger partial charge < -0.3 is 15.2 Å². The molecule has 0 radical (unpaired) electrons. The molecule has 1 saturated carbocycles. The minimum absolute atomic E-state index is 0.480. The van der Waals surface area contributed by atoms with E-state index in [0.717, 1.165) is 11.3 Å². The number of hydrogen-bond donors (Lipinski definition) is 1. The second kappa shape index (κ2) is 5.87. The topological polar surface area (TPSA) is 44.5 Å². The van der Waals surface area contributed by atoms with Crippen LogP contribution in [0.5, 0.6) is 5.75 Å². The summed E-state index contributed by atoms with van der Waals surface area (Å²) >= 11 is 0. The predicted octanol–water partition coefficient (Wildman–Crippen LogP) is 2.09. The van der Waals surface area contributed by atoms with Gasteiger partial charge in [-0.2, -0.15) is 0 Å². The molecule has 0 aromatic heterocycles. The number of ether oxygens (including phenoxy) is 2. The van der Waals surface area contributed by atoms with E-state index in [-0.39, 0.29) is 0 Å². The Morgan fingerprint density at radius 2 is 2.00 bits per heavy atom. The van der Waals surface area contributed by atoms with Gasteiger partial charge in [-0.25, -0.2) is 0 Å². The van der Waals surface area contributed by atoms with Crippen molar-refractivity contribution in [2.45, 2.75) is 31.9 Å². The molecule has 16 heavy (non-hydrogen) atoms. The maximum Gasteiger partial charge on any atom is 0.123 e. The first kappa shape index (κ1) is 11.4. The Kier molecular flexibility index (Phi) is 4.19. The Labute approximate surface area is 96.5 Å². The highest BCUT2D eigenvalue weighted by Crippen LogP contribution is 2.22. The van der Waals surface area contributed by atoms with Crippen LogP contribution in [0.15, 0.2) is 24.3 Å². The fourth-order valence-corrected chi connectivity index (χ4v) is 1.72. The smallest absolute Gasteiger partial charge is 0.123 e. The van der Waals surface area contributed by atoms with Gasteiger partial charge in [-0.05, 0) is 25.3 Å². The minimum Gasteiger partial charge on any atom is -0.491 e. The molecule has 1 aromatic rings. The summed E-state index contributed by atoms with van der Waals surface area (Å²) in [6, 6.07) is 7.87. The molecule has 0 spiro atoms. The van der Waals surface area contributed by atoms with Crippen molar-refractivity contribution in [3.8, 4) is 5.75 Å². The lowest BCUT2D eigenvalue weighted by Gasteiger charge is -2.25. The predicted molar refractivity (Wildman–Crippen MR) is 63.4 cm³/mol. The lowest BCUT2D eigenvalue weighted by atomic mass is 9.96. The van der Waals surface area contributed by atoms with Crippen LogP contribution < -0.4 is 10.5 Å². The van der Waals surface area contributed by atoms with Crippen molar-refractivity contribution in [1.82, 2.24) is 0 Å². The van der Waals surface area contributed by atoms with Crippen LogP contribution in [0.3, 0.4) is 0 Å². The van der Waals surface area contributed by atoms with Crippen LogP contribution in [0, 0.1) is 0 Å². The van der Waals surface area contributed by atoms with Gasteiger partial charge in [-0.3, -0.25) is 0 Å². The standard InChI is InChI=1S/C13H19NO2/c14-10-11-4-1-2-7-13(11)16-9-8-15-12-5-3-6-12/h1-2,4,7,12H,3,5-6,8-10,14H2. The van der Waals surface area contributed by atoms with Crippen LogP contribution in [0.2, 0.25) is 0 Å². The molecule has 0 atom stereocenters. The molecule has 88 valence electrons. The molecule has 0 aliphatic heterocycles. The second-order valence-corrected chi connectivity index (χ2v) is 4.08. The van der Waals surface area contributed by atoms with E-state index in [0.29, 0.717) is 25.9 Å². The zero-order valence-corrected chi connectivity index (χ0v) is 9.52. The van der Waals surface area contributed by atoms with Gasteiger partial charge in [-0.1, -0.05) is 18.2 Å². The van der Waals surface area contributed by atoms with Crippen molar-refractivity contribution >= 4 is 0 Å². The third kappa shape index (κ3) is 2.97. The van der Waals surface area contributed by atoms with Crippen molar-refractivity contribution < 1.29 is 9.47 Å².